The Bertz CT molecular complexity index is 957. The molecular formula is C21H24ClFN2O3S. The van der Waals surface area contributed by atoms with E-state index >= 15 is 0 Å². The molecule has 0 saturated carbocycles. The summed E-state index contributed by atoms with van der Waals surface area (Å²) in [5, 5.41) is 11.4. The molecule has 2 aromatic carbocycles. The summed E-state index contributed by atoms with van der Waals surface area (Å²) in [5.74, 6) is -0.345. The van der Waals surface area contributed by atoms with Gasteiger partial charge in [-0.15, -0.1) is 0 Å². The molecule has 2 heterocycles. The van der Waals surface area contributed by atoms with Gasteiger partial charge < -0.3 is 5.11 Å². The van der Waals surface area contributed by atoms with E-state index < -0.39 is 22.1 Å². The van der Waals surface area contributed by atoms with Crippen LogP contribution in [-0.2, 0) is 6.54 Å². The fourth-order valence-corrected chi connectivity index (χ4v) is 6.33. The number of nitrogens with zero attached hydrogens (tertiary/aromatic N) is 2. The van der Waals surface area contributed by atoms with Gasteiger partial charge in [-0.25, -0.2) is 4.39 Å². The monoisotopic (exact) mass is 438 g/mol. The fraction of sp³-hybridized carbons (Fsp3) is 0.333. The summed E-state index contributed by atoms with van der Waals surface area (Å²) in [6.45, 7) is 3.51. The maximum absolute atomic E-state index is 13.8. The van der Waals surface area contributed by atoms with Gasteiger partial charge in [0.1, 0.15) is 11.6 Å². The van der Waals surface area contributed by atoms with Gasteiger partial charge in [-0.1, -0.05) is 34.5 Å². The molecule has 0 aliphatic carbocycles. The van der Waals surface area contributed by atoms with Crippen LogP contribution >= 0.6 is 22.4 Å². The van der Waals surface area contributed by atoms with Crippen LogP contribution in [0.4, 0.5) is 10.1 Å². The normalized spacial score (nSPS) is 27.5. The molecule has 0 amide bonds. The smallest absolute Gasteiger partial charge is 0.134 e. The van der Waals surface area contributed by atoms with Crippen molar-refractivity contribution in [2.24, 2.45) is 0 Å². The third-order valence-corrected chi connectivity index (χ3v) is 7.69. The second-order valence-corrected chi connectivity index (χ2v) is 9.97. The Morgan fingerprint density at radius 1 is 1.24 bits per heavy atom. The van der Waals surface area contributed by atoms with Crippen molar-refractivity contribution in [3.63, 3.8) is 0 Å². The van der Waals surface area contributed by atoms with Crippen molar-refractivity contribution in [2.75, 3.05) is 10.8 Å². The summed E-state index contributed by atoms with van der Waals surface area (Å²) in [5.41, 5.74) is 0.902. The molecule has 0 radical (unpaired) electrons. The van der Waals surface area contributed by atoms with E-state index in [4.69, 9.17) is 11.6 Å². The number of phenols is 1. The predicted octanol–water partition coefficient (Wildman–Crippen LogP) is 5.61. The first-order valence-corrected chi connectivity index (χ1v) is 11.4. The van der Waals surface area contributed by atoms with Crippen LogP contribution in [0.5, 0.6) is 5.75 Å². The zero-order chi connectivity index (χ0) is 20.8. The van der Waals surface area contributed by atoms with E-state index in [0.29, 0.717) is 30.1 Å². The van der Waals surface area contributed by atoms with Gasteiger partial charge >= 0.3 is 0 Å². The summed E-state index contributed by atoms with van der Waals surface area (Å²) < 4.78 is 36.8. The average Bonchev–Trinajstić information content (AvgIpc) is 2.91. The van der Waals surface area contributed by atoms with E-state index in [9.17, 15) is 18.6 Å². The molecule has 2 aromatic rings. The first-order chi connectivity index (χ1) is 13.7. The Hall–Kier alpha value is -1.77. The van der Waals surface area contributed by atoms with Gasteiger partial charge in [-0.3, -0.25) is 18.3 Å². The van der Waals surface area contributed by atoms with Crippen LogP contribution in [0.3, 0.4) is 0 Å². The van der Waals surface area contributed by atoms with Crippen LogP contribution < -0.4 is 4.31 Å². The van der Waals surface area contributed by atoms with Crippen molar-refractivity contribution in [1.82, 2.24) is 4.90 Å². The van der Waals surface area contributed by atoms with Crippen molar-refractivity contribution in [3.8, 4) is 5.75 Å². The van der Waals surface area contributed by atoms with Crippen molar-refractivity contribution in [3.05, 3.63) is 70.4 Å². The average molecular weight is 439 g/mol. The highest BCUT2D eigenvalue weighted by molar-refractivity contribution is 8.28. The lowest BCUT2D eigenvalue weighted by molar-refractivity contribution is 0.119. The molecule has 0 aromatic heterocycles. The predicted molar refractivity (Wildman–Crippen MR) is 116 cm³/mol. The highest BCUT2D eigenvalue weighted by atomic mass is 35.5. The molecule has 0 unspecified atom stereocenters. The second-order valence-electron chi connectivity index (χ2n) is 7.80. The van der Waals surface area contributed by atoms with Gasteiger partial charge in [0.2, 0.25) is 0 Å². The summed E-state index contributed by atoms with van der Waals surface area (Å²) in [7, 11) is -3.15. The highest BCUT2D eigenvalue weighted by Crippen LogP contribution is 2.60. The number of likely N-dealkylation sites (tertiary alicyclic amines) is 1. The Morgan fingerprint density at radius 3 is 2.72 bits per heavy atom. The highest BCUT2D eigenvalue weighted by Gasteiger charge is 2.49. The lowest BCUT2D eigenvalue weighted by Crippen LogP contribution is -2.55. The summed E-state index contributed by atoms with van der Waals surface area (Å²) >= 11 is 6.03. The van der Waals surface area contributed by atoms with E-state index in [2.05, 4.69) is 11.8 Å². The molecule has 4 rings (SSSR count). The van der Waals surface area contributed by atoms with Crippen molar-refractivity contribution in [1.29, 1.82) is 0 Å². The molecular weight excluding hydrogens is 415 g/mol. The summed E-state index contributed by atoms with van der Waals surface area (Å²) in [6.07, 6.45) is 3.21. The van der Waals surface area contributed by atoms with Crippen molar-refractivity contribution >= 4 is 28.1 Å². The number of rotatable bonds is 3. The number of hydrogen-bond donors (Lipinski definition) is 3. The molecule has 5 nitrogen and oxygen atoms in total. The number of aromatic hydroxyl groups is 1. The maximum Gasteiger partial charge on any atom is 0.134 e. The van der Waals surface area contributed by atoms with Crippen LogP contribution in [-0.4, -0.2) is 37.2 Å². The number of halogens is 2. The standard InChI is InChI=1S/C21H24ClFN2O3S/c1-15-13-21(7-9-24(15)14-16-5-6-20(26)19(22)11-16)8-10-29(27,28)25(21)18-4-2-3-17(23)12-18/h2-6,8,10-12,15,26-28H,7,9,13-14H2,1H3/t15-,21-/m0/s1. The Balaban J connectivity index is 1.57. The van der Waals surface area contributed by atoms with Crippen LogP contribution in [0.1, 0.15) is 25.3 Å². The quantitative estimate of drug-likeness (QED) is 0.581. The zero-order valence-electron chi connectivity index (χ0n) is 16.0. The maximum atomic E-state index is 13.8. The van der Waals surface area contributed by atoms with E-state index in [-0.39, 0.29) is 11.8 Å². The molecule has 1 spiro atoms. The number of anilines is 1. The minimum absolute atomic E-state index is 0.0631. The fourth-order valence-electron chi connectivity index (χ4n) is 4.38. The van der Waals surface area contributed by atoms with E-state index in [1.165, 1.54) is 17.5 Å². The van der Waals surface area contributed by atoms with Gasteiger partial charge in [0.15, 0.2) is 0 Å². The van der Waals surface area contributed by atoms with Gasteiger partial charge in [0.05, 0.1) is 16.2 Å². The van der Waals surface area contributed by atoms with E-state index in [1.807, 2.05) is 12.1 Å². The van der Waals surface area contributed by atoms with Gasteiger partial charge in [-0.05, 0) is 61.7 Å². The Labute approximate surface area is 176 Å². The molecule has 3 N–H and O–H groups in total. The minimum Gasteiger partial charge on any atom is -0.506 e. The third-order valence-electron chi connectivity index (χ3n) is 5.78. The van der Waals surface area contributed by atoms with Crippen molar-refractivity contribution < 1.29 is 18.6 Å². The van der Waals surface area contributed by atoms with Crippen LogP contribution in [0.2, 0.25) is 5.02 Å². The van der Waals surface area contributed by atoms with Gasteiger partial charge in [0.25, 0.3) is 0 Å². The summed E-state index contributed by atoms with van der Waals surface area (Å²) in [4.78, 5) is 2.30. The van der Waals surface area contributed by atoms with Crippen LogP contribution in [0, 0.1) is 5.82 Å². The zero-order valence-corrected chi connectivity index (χ0v) is 17.6. The molecule has 2 aliphatic heterocycles. The molecule has 0 bridgehead atoms. The van der Waals surface area contributed by atoms with Gasteiger partial charge in [-0.2, -0.15) is 0 Å². The third kappa shape index (κ3) is 3.85. The van der Waals surface area contributed by atoms with Gasteiger partial charge in [0, 0.05) is 24.5 Å². The van der Waals surface area contributed by atoms with E-state index in [1.54, 1.807) is 28.6 Å². The van der Waals surface area contributed by atoms with Crippen molar-refractivity contribution in [2.45, 2.75) is 37.9 Å². The molecule has 2 atom stereocenters. The van der Waals surface area contributed by atoms with Crippen LogP contribution in [0.15, 0.2) is 53.9 Å². The van der Waals surface area contributed by atoms with E-state index in [0.717, 1.165) is 12.1 Å². The number of phenolic OH excluding ortho intramolecular Hbond substituents is 1. The minimum atomic E-state index is -3.15. The first-order valence-electron chi connectivity index (χ1n) is 9.45. The Morgan fingerprint density at radius 2 is 2.03 bits per heavy atom. The molecule has 29 heavy (non-hydrogen) atoms. The largest absolute Gasteiger partial charge is 0.506 e. The molecule has 8 heteroatoms. The SMILES string of the molecule is C[C@H]1C[C@@]2(C=CS(O)(O)N2c2cccc(F)c2)CCN1Cc1ccc(O)c(Cl)c1. The molecule has 156 valence electrons. The lowest BCUT2D eigenvalue weighted by atomic mass is 9.83. The van der Waals surface area contributed by atoms with Crippen LogP contribution in [0.25, 0.3) is 0 Å². The summed E-state index contributed by atoms with van der Waals surface area (Å²) in [6, 6.07) is 11.3. The second kappa shape index (κ2) is 7.49. The molecule has 2 aliphatic rings. The number of piperidine rings is 1. The Kier molecular flexibility index (Phi) is 5.29. The number of hydrogen-bond acceptors (Lipinski definition) is 5. The molecule has 1 fully saturated rings. The number of benzene rings is 2. The topological polar surface area (TPSA) is 67.2 Å². The lowest BCUT2D eigenvalue weighted by Gasteiger charge is -2.52. The molecule has 1 saturated heterocycles. The first kappa shape index (κ1) is 20.5.